The van der Waals surface area contributed by atoms with Gasteiger partial charge in [0.05, 0.1) is 19.2 Å². The molecule has 0 aliphatic heterocycles. The fourth-order valence-corrected chi connectivity index (χ4v) is 1.63. The van der Waals surface area contributed by atoms with Crippen LogP contribution in [-0.2, 0) is 4.79 Å². The first-order valence-electron chi connectivity index (χ1n) is 4.80. The van der Waals surface area contributed by atoms with Crippen LogP contribution >= 0.6 is 11.6 Å². The SMILES string of the molecule is COc1cc(C=C(C#N)C(=O)O)cc(Cl)c1OC. The number of carboxylic acids is 1. The molecule has 1 rings (SSSR count). The van der Waals surface area contributed by atoms with E-state index >= 15 is 0 Å². The maximum atomic E-state index is 10.7. The normalized spacial score (nSPS) is 10.7. The number of nitriles is 1. The van der Waals surface area contributed by atoms with Crippen molar-refractivity contribution in [3.05, 3.63) is 28.3 Å². The highest BCUT2D eigenvalue weighted by Gasteiger charge is 2.12. The van der Waals surface area contributed by atoms with Crippen LogP contribution in [0.15, 0.2) is 17.7 Å². The molecule has 0 saturated carbocycles. The Morgan fingerprint density at radius 2 is 2.11 bits per heavy atom. The van der Waals surface area contributed by atoms with E-state index in [4.69, 9.17) is 31.4 Å². The lowest BCUT2D eigenvalue weighted by atomic mass is 10.1. The van der Waals surface area contributed by atoms with E-state index in [1.54, 1.807) is 6.07 Å². The first kappa shape index (κ1) is 13.9. The standard InChI is InChI=1S/C12H10ClNO4/c1-17-10-5-7(3-8(6-14)12(15)16)4-9(13)11(10)18-2/h3-5H,1-2H3,(H,15,16). The zero-order chi connectivity index (χ0) is 13.7. The van der Waals surface area contributed by atoms with E-state index in [2.05, 4.69) is 0 Å². The zero-order valence-corrected chi connectivity index (χ0v) is 10.5. The summed E-state index contributed by atoms with van der Waals surface area (Å²) in [5.41, 5.74) is 0.0508. The summed E-state index contributed by atoms with van der Waals surface area (Å²) < 4.78 is 10.1. The molecular formula is C12H10ClNO4. The van der Waals surface area contributed by atoms with Crippen molar-refractivity contribution in [3.8, 4) is 17.6 Å². The quantitative estimate of drug-likeness (QED) is 0.669. The molecule has 0 radical (unpaired) electrons. The van der Waals surface area contributed by atoms with Crippen LogP contribution in [0.2, 0.25) is 5.02 Å². The van der Waals surface area contributed by atoms with Crippen LogP contribution in [0.5, 0.6) is 11.5 Å². The predicted octanol–water partition coefficient (Wildman–Crippen LogP) is 2.35. The van der Waals surface area contributed by atoms with Crippen LogP contribution in [0.25, 0.3) is 6.08 Å². The number of benzene rings is 1. The molecule has 1 aromatic rings. The summed E-state index contributed by atoms with van der Waals surface area (Å²) in [6, 6.07) is 4.60. The summed E-state index contributed by atoms with van der Waals surface area (Å²) in [4.78, 5) is 10.7. The average molecular weight is 268 g/mol. The van der Waals surface area contributed by atoms with Gasteiger partial charge in [-0.05, 0) is 23.8 Å². The van der Waals surface area contributed by atoms with Crippen molar-refractivity contribution in [2.75, 3.05) is 14.2 Å². The average Bonchev–Trinajstić information content (AvgIpc) is 2.34. The van der Waals surface area contributed by atoms with Crippen molar-refractivity contribution in [3.63, 3.8) is 0 Å². The van der Waals surface area contributed by atoms with Crippen molar-refractivity contribution in [1.82, 2.24) is 0 Å². The fourth-order valence-electron chi connectivity index (χ4n) is 1.33. The van der Waals surface area contributed by atoms with Gasteiger partial charge in [0, 0.05) is 0 Å². The van der Waals surface area contributed by atoms with Crippen molar-refractivity contribution in [1.29, 1.82) is 5.26 Å². The molecular weight excluding hydrogens is 258 g/mol. The molecule has 1 N–H and O–H groups in total. The third-order valence-corrected chi connectivity index (χ3v) is 2.40. The van der Waals surface area contributed by atoms with Crippen LogP contribution in [0, 0.1) is 11.3 Å². The molecule has 0 amide bonds. The molecule has 18 heavy (non-hydrogen) atoms. The summed E-state index contributed by atoms with van der Waals surface area (Å²) in [5.74, 6) is -0.590. The number of methoxy groups -OCH3 is 2. The molecule has 6 heteroatoms. The van der Waals surface area contributed by atoms with Gasteiger partial charge in [-0.15, -0.1) is 0 Å². The van der Waals surface area contributed by atoms with Crippen LogP contribution in [0.3, 0.4) is 0 Å². The maximum absolute atomic E-state index is 10.7. The molecule has 0 aliphatic carbocycles. The second kappa shape index (κ2) is 5.94. The molecule has 0 fully saturated rings. The lowest BCUT2D eigenvalue weighted by molar-refractivity contribution is -0.132. The molecule has 5 nitrogen and oxygen atoms in total. The van der Waals surface area contributed by atoms with E-state index in [0.717, 1.165) is 0 Å². The largest absolute Gasteiger partial charge is 0.493 e. The Hall–Kier alpha value is -2.19. The van der Waals surface area contributed by atoms with E-state index in [-0.39, 0.29) is 5.02 Å². The van der Waals surface area contributed by atoms with Gasteiger partial charge in [0.15, 0.2) is 11.5 Å². The van der Waals surface area contributed by atoms with Crippen molar-refractivity contribution in [2.45, 2.75) is 0 Å². The first-order chi connectivity index (χ1) is 8.53. The van der Waals surface area contributed by atoms with E-state index < -0.39 is 11.5 Å². The topological polar surface area (TPSA) is 79.5 Å². The number of halogens is 1. The Bertz CT molecular complexity index is 546. The molecule has 0 saturated heterocycles. The molecule has 0 atom stereocenters. The lowest BCUT2D eigenvalue weighted by Crippen LogP contribution is -1.98. The summed E-state index contributed by atoms with van der Waals surface area (Å²) in [5, 5.41) is 17.7. The minimum absolute atomic E-state index is 0.269. The minimum Gasteiger partial charge on any atom is -0.493 e. The second-order valence-corrected chi connectivity index (χ2v) is 3.62. The molecule has 0 aromatic heterocycles. The van der Waals surface area contributed by atoms with Crippen molar-refractivity contribution < 1.29 is 19.4 Å². The number of hydrogen-bond donors (Lipinski definition) is 1. The van der Waals surface area contributed by atoms with Gasteiger partial charge in [0.2, 0.25) is 0 Å². The monoisotopic (exact) mass is 267 g/mol. The summed E-state index contributed by atoms with van der Waals surface area (Å²) in [6.07, 6.45) is 1.20. The Kier molecular flexibility index (Phi) is 4.58. The fraction of sp³-hybridized carbons (Fsp3) is 0.167. The van der Waals surface area contributed by atoms with Crippen LogP contribution in [-0.4, -0.2) is 25.3 Å². The number of ether oxygens (including phenoxy) is 2. The number of rotatable bonds is 4. The summed E-state index contributed by atoms with van der Waals surface area (Å²) in [6.45, 7) is 0. The van der Waals surface area contributed by atoms with Crippen LogP contribution in [0.4, 0.5) is 0 Å². The third-order valence-electron chi connectivity index (χ3n) is 2.12. The first-order valence-corrected chi connectivity index (χ1v) is 5.18. The highest BCUT2D eigenvalue weighted by atomic mass is 35.5. The summed E-state index contributed by atoms with van der Waals surface area (Å²) in [7, 11) is 2.88. The Morgan fingerprint density at radius 1 is 1.44 bits per heavy atom. The van der Waals surface area contributed by atoms with Gasteiger partial charge in [-0.2, -0.15) is 5.26 Å². The van der Waals surface area contributed by atoms with E-state index in [1.165, 1.54) is 32.4 Å². The van der Waals surface area contributed by atoms with Gasteiger partial charge in [-0.25, -0.2) is 4.79 Å². The number of carboxylic acid groups (broad SMARTS) is 1. The van der Waals surface area contributed by atoms with Gasteiger partial charge in [0.25, 0.3) is 0 Å². The summed E-state index contributed by atoms with van der Waals surface area (Å²) >= 11 is 5.96. The molecule has 1 aromatic carbocycles. The van der Waals surface area contributed by atoms with Gasteiger partial charge < -0.3 is 14.6 Å². The molecule has 0 bridgehead atoms. The Labute approximate surface area is 109 Å². The van der Waals surface area contributed by atoms with E-state index in [0.29, 0.717) is 17.1 Å². The smallest absolute Gasteiger partial charge is 0.346 e. The van der Waals surface area contributed by atoms with E-state index in [9.17, 15) is 4.79 Å². The van der Waals surface area contributed by atoms with Crippen molar-refractivity contribution in [2.24, 2.45) is 0 Å². The van der Waals surface area contributed by atoms with Gasteiger partial charge >= 0.3 is 5.97 Å². The number of hydrogen-bond acceptors (Lipinski definition) is 4. The molecule has 94 valence electrons. The van der Waals surface area contributed by atoms with Crippen LogP contribution in [0.1, 0.15) is 5.56 Å². The molecule has 0 spiro atoms. The molecule has 0 heterocycles. The Balaban J connectivity index is 3.33. The second-order valence-electron chi connectivity index (χ2n) is 3.21. The molecule has 0 unspecified atom stereocenters. The van der Waals surface area contributed by atoms with Gasteiger partial charge in [-0.1, -0.05) is 11.6 Å². The highest BCUT2D eigenvalue weighted by molar-refractivity contribution is 6.32. The number of carbonyl (C=O) groups is 1. The number of nitrogens with zero attached hydrogens (tertiary/aromatic N) is 1. The zero-order valence-electron chi connectivity index (χ0n) is 9.73. The maximum Gasteiger partial charge on any atom is 0.346 e. The Morgan fingerprint density at radius 3 is 2.56 bits per heavy atom. The van der Waals surface area contributed by atoms with Gasteiger partial charge in [-0.3, -0.25) is 0 Å². The van der Waals surface area contributed by atoms with E-state index in [1.807, 2.05) is 0 Å². The third kappa shape index (κ3) is 2.93. The minimum atomic E-state index is -1.30. The van der Waals surface area contributed by atoms with Crippen LogP contribution < -0.4 is 9.47 Å². The van der Waals surface area contributed by atoms with Gasteiger partial charge in [0.1, 0.15) is 11.6 Å². The highest BCUT2D eigenvalue weighted by Crippen LogP contribution is 2.36. The number of aliphatic carboxylic acids is 1. The molecule has 0 aliphatic rings. The lowest BCUT2D eigenvalue weighted by Gasteiger charge is -2.10. The van der Waals surface area contributed by atoms with Crippen molar-refractivity contribution >= 4 is 23.6 Å². The predicted molar refractivity (Wildman–Crippen MR) is 65.8 cm³/mol.